The van der Waals surface area contributed by atoms with Gasteiger partial charge in [0.25, 0.3) is 0 Å². The number of likely N-dealkylation sites (N-methyl/N-ethyl adjacent to an activating group) is 1. The number of anilines is 2. The van der Waals surface area contributed by atoms with Crippen LogP contribution >= 0.6 is 23.2 Å². The monoisotopic (exact) mass is 273 g/mol. The van der Waals surface area contributed by atoms with E-state index in [1.807, 2.05) is 6.07 Å². The Hall–Kier alpha value is -0.640. The molecule has 0 spiro atoms. The molecule has 1 atom stereocenters. The summed E-state index contributed by atoms with van der Waals surface area (Å²) in [6, 6.07) is 4.09. The topological polar surface area (TPSA) is 32.5 Å². The third-order valence-electron chi connectivity index (χ3n) is 3.37. The first kappa shape index (κ1) is 12.8. The molecule has 1 unspecified atom stereocenters. The Morgan fingerprint density at radius 1 is 1.24 bits per heavy atom. The summed E-state index contributed by atoms with van der Waals surface area (Å²) in [7, 11) is 2.14. The maximum absolute atomic E-state index is 6.05. The number of hydrogen-bond donors (Lipinski definition) is 1. The van der Waals surface area contributed by atoms with Crippen LogP contribution < -0.4 is 10.6 Å². The minimum absolute atomic E-state index is 0.509. The summed E-state index contributed by atoms with van der Waals surface area (Å²) in [5.41, 5.74) is 7.68. The van der Waals surface area contributed by atoms with E-state index in [1.54, 1.807) is 6.07 Å². The number of halogens is 2. The van der Waals surface area contributed by atoms with E-state index in [0.717, 1.165) is 25.3 Å². The highest BCUT2D eigenvalue weighted by Crippen LogP contribution is 2.33. The van der Waals surface area contributed by atoms with Crippen LogP contribution in [0.4, 0.5) is 11.4 Å². The highest BCUT2D eigenvalue weighted by Gasteiger charge is 2.22. The zero-order chi connectivity index (χ0) is 12.6. The van der Waals surface area contributed by atoms with Crippen molar-refractivity contribution in [2.75, 3.05) is 37.3 Å². The number of nitrogens with two attached hydrogens (primary N) is 1. The Bertz CT molecular complexity index is 422. The van der Waals surface area contributed by atoms with Crippen molar-refractivity contribution in [1.82, 2.24) is 4.90 Å². The standard InChI is InChI=1S/C12H17Cl2N3/c1-8-7-17(4-3-16(8)2)12-6-10(14)9(13)5-11(12)15/h5-6,8H,3-4,7,15H2,1-2H3. The number of hydrogen-bond acceptors (Lipinski definition) is 3. The van der Waals surface area contributed by atoms with E-state index in [9.17, 15) is 0 Å². The van der Waals surface area contributed by atoms with Crippen molar-refractivity contribution in [2.24, 2.45) is 0 Å². The Morgan fingerprint density at radius 2 is 1.88 bits per heavy atom. The van der Waals surface area contributed by atoms with Crippen molar-refractivity contribution in [3.05, 3.63) is 22.2 Å². The molecule has 0 amide bonds. The predicted molar refractivity (Wildman–Crippen MR) is 75.2 cm³/mol. The molecule has 0 radical (unpaired) electrons. The number of nitrogen functional groups attached to an aromatic ring is 1. The van der Waals surface area contributed by atoms with E-state index in [0.29, 0.717) is 21.8 Å². The summed E-state index contributed by atoms with van der Waals surface area (Å²) in [4.78, 5) is 4.60. The molecule has 1 saturated heterocycles. The zero-order valence-electron chi connectivity index (χ0n) is 10.1. The number of benzene rings is 1. The van der Waals surface area contributed by atoms with Crippen LogP contribution in [0.15, 0.2) is 12.1 Å². The van der Waals surface area contributed by atoms with Gasteiger partial charge < -0.3 is 15.5 Å². The summed E-state index contributed by atoms with van der Waals surface area (Å²) in [6.07, 6.45) is 0. The Morgan fingerprint density at radius 3 is 2.53 bits per heavy atom. The van der Waals surface area contributed by atoms with Gasteiger partial charge in [0, 0.05) is 25.7 Å². The molecule has 0 aromatic heterocycles. The minimum Gasteiger partial charge on any atom is -0.397 e. The largest absolute Gasteiger partial charge is 0.397 e. The molecule has 1 aliphatic heterocycles. The van der Waals surface area contributed by atoms with Gasteiger partial charge in [-0.25, -0.2) is 0 Å². The average molecular weight is 274 g/mol. The van der Waals surface area contributed by atoms with Crippen LogP contribution in [0.3, 0.4) is 0 Å². The molecule has 3 nitrogen and oxygen atoms in total. The van der Waals surface area contributed by atoms with Gasteiger partial charge in [-0.2, -0.15) is 0 Å². The number of piperazine rings is 1. The normalized spacial score (nSPS) is 21.9. The molecule has 2 rings (SSSR count). The second-order valence-electron chi connectivity index (χ2n) is 4.60. The quantitative estimate of drug-likeness (QED) is 0.799. The second kappa shape index (κ2) is 4.92. The average Bonchev–Trinajstić information content (AvgIpc) is 2.27. The van der Waals surface area contributed by atoms with Crippen molar-refractivity contribution < 1.29 is 0 Å². The van der Waals surface area contributed by atoms with Gasteiger partial charge >= 0.3 is 0 Å². The molecular formula is C12H17Cl2N3. The van der Waals surface area contributed by atoms with Crippen LogP contribution in [0.25, 0.3) is 0 Å². The summed E-state index contributed by atoms with van der Waals surface area (Å²) in [5.74, 6) is 0. The molecule has 2 N–H and O–H groups in total. The lowest BCUT2D eigenvalue weighted by Gasteiger charge is -2.39. The smallest absolute Gasteiger partial charge is 0.0616 e. The van der Waals surface area contributed by atoms with Crippen LogP contribution in [0.5, 0.6) is 0 Å². The van der Waals surface area contributed by atoms with E-state index in [1.165, 1.54) is 0 Å². The molecule has 1 aromatic carbocycles. The lowest BCUT2D eigenvalue weighted by molar-refractivity contribution is 0.234. The van der Waals surface area contributed by atoms with Gasteiger partial charge in [-0.1, -0.05) is 23.2 Å². The van der Waals surface area contributed by atoms with Gasteiger partial charge in [-0.05, 0) is 26.1 Å². The molecule has 17 heavy (non-hydrogen) atoms. The SMILES string of the molecule is CC1CN(c2cc(Cl)c(Cl)cc2N)CCN1C. The molecule has 1 aromatic rings. The van der Waals surface area contributed by atoms with E-state index in [2.05, 4.69) is 23.8 Å². The molecular weight excluding hydrogens is 257 g/mol. The maximum atomic E-state index is 6.05. The van der Waals surface area contributed by atoms with Gasteiger partial charge in [-0.15, -0.1) is 0 Å². The molecule has 0 aliphatic carbocycles. The maximum Gasteiger partial charge on any atom is 0.0616 e. The summed E-state index contributed by atoms with van der Waals surface area (Å²) >= 11 is 12.0. The van der Waals surface area contributed by atoms with Gasteiger partial charge in [0.2, 0.25) is 0 Å². The van der Waals surface area contributed by atoms with Crippen molar-refractivity contribution >= 4 is 34.6 Å². The second-order valence-corrected chi connectivity index (χ2v) is 5.42. The molecule has 94 valence electrons. The Kier molecular flexibility index (Phi) is 3.71. The van der Waals surface area contributed by atoms with Gasteiger partial charge in [0.15, 0.2) is 0 Å². The number of rotatable bonds is 1. The van der Waals surface area contributed by atoms with Crippen LogP contribution in [-0.4, -0.2) is 37.6 Å². The summed E-state index contributed by atoms with van der Waals surface area (Å²) < 4.78 is 0. The fourth-order valence-electron chi connectivity index (χ4n) is 2.09. The van der Waals surface area contributed by atoms with Crippen LogP contribution in [0.1, 0.15) is 6.92 Å². The van der Waals surface area contributed by atoms with Gasteiger partial charge in [0.1, 0.15) is 0 Å². The third kappa shape index (κ3) is 2.62. The van der Waals surface area contributed by atoms with Gasteiger partial charge in [0.05, 0.1) is 21.4 Å². The van der Waals surface area contributed by atoms with E-state index >= 15 is 0 Å². The Labute approximate surface area is 112 Å². The highest BCUT2D eigenvalue weighted by molar-refractivity contribution is 6.42. The van der Waals surface area contributed by atoms with Crippen molar-refractivity contribution in [2.45, 2.75) is 13.0 Å². The molecule has 1 aliphatic rings. The summed E-state index contributed by atoms with van der Waals surface area (Å²) in [5, 5.41) is 1.07. The highest BCUT2D eigenvalue weighted by atomic mass is 35.5. The first-order valence-corrected chi connectivity index (χ1v) is 6.44. The Balaban J connectivity index is 2.26. The molecule has 1 fully saturated rings. The summed E-state index contributed by atoms with van der Waals surface area (Å²) in [6.45, 7) is 5.16. The van der Waals surface area contributed by atoms with E-state index in [-0.39, 0.29) is 0 Å². The molecule has 1 heterocycles. The van der Waals surface area contributed by atoms with Crippen LogP contribution in [0, 0.1) is 0 Å². The van der Waals surface area contributed by atoms with E-state index < -0.39 is 0 Å². The third-order valence-corrected chi connectivity index (χ3v) is 4.09. The van der Waals surface area contributed by atoms with Gasteiger partial charge in [-0.3, -0.25) is 0 Å². The fraction of sp³-hybridized carbons (Fsp3) is 0.500. The minimum atomic E-state index is 0.509. The van der Waals surface area contributed by atoms with Crippen molar-refractivity contribution in [1.29, 1.82) is 0 Å². The lowest BCUT2D eigenvalue weighted by Crippen LogP contribution is -2.50. The lowest BCUT2D eigenvalue weighted by atomic mass is 10.1. The first-order valence-electron chi connectivity index (χ1n) is 5.68. The molecule has 5 heteroatoms. The molecule has 0 saturated carbocycles. The van der Waals surface area contributed by atoms with Crippen LogP contribution in [0.2, 0.25) is 10.0 Å². The zero-order valence-corrected chi connectivity index (χ0v) is 11.6. The van der Waals surface area contributed by atoms with E-state index in [4.69, 9.17) is 28.9 Å². The predicted octanol–water partition coefficient (Wildman–Crippen LogP) is 2.72. The first-order chi connectivity index (χ1) is 7.99. The number of nitrogens with zero attached hydrogens (tertiary/aromatic N) is 2. The van der Waals surface area contributed by atoms with Crippen LogP contribution in [-0.2, 0) is 0 Å². The fourth-order valence-corrected chi connectivity index (χ4v) is 2.42. The molecule has 0 bridgehead atoms. The van der Waals surface area contributed by atoms with Crippen molar-refractivity contribution in [3.8, 4) is 0 Å². The van der Waals surface area contributed by atoms with Crippen molar-refractivity contribution in [3.63, 3.8) is 0 Å².